The lowest BCUT2D eigenvalue weighted by Gasteiger charge is -2.31. The number of hydrogen-bond donors (Lipinski definition) is 1. The van der Waals surface area contributed by atoms with E-state index < -0.39 is 0 Å². The third-order valence-corrected chi connectivity index (χ3v) is 3.77. The van der Waals surface area contributed by atoms with Crippen molar-refractivity contribution in [3.63, 3.8) is 0 Å². The molecule has 1 saturated heterocycles. The Hall–Kier alpha value is -0.610. The van der Waals surface area contributed by atoms with Crippen LogP contribution in [0.1, 0.15) is 25.7 Å². The molecule has 16 heavy (non-hydrogen) atoms. The number of amides is 1. The minimum Gasteiger partial charge on any atom is -0.395 e. The van der Waals surface area contributed by atoms with E-state index in [4.69, 9.17) is 5.11 Å². The molecule has 1 N–H and O–H groups in total. The average Bonchev–Trinajstić information content (AvgIpc) is 2.41. The van der Waals surface area contributed by atoms with Crippen molar-refractivity contribution in [1.29, 1.82) is 0 Å². The van der Waals surface area contributed by atoms with Gasteiger partial charge in [0.2, 0.25) is 5.91 Å². The molecule has 0 radical (unpaired) electrons. The Morgan fingerprint density at radius 2 is 1.94 bits per heavy atom. The van der Waals surface area contributed by atoms with Crippen LogP contribution < -0.4 is 0 Å². The van der Waals surface area contributed by atoms with E-state index in [0.717, 1.165) is 52.0 Å². The van der Waals surface area contributed by atoms with Crippen molar-refractivity contribution in [2.45, 2.75) is 25.7 Å². The second kappa shape index (κ2) is 5.64. The largest absolute Gasteiger partial charge is 0.395 e. The summed E-state index contributed by atoms with van der Waals surface area (Å²) in [7, 11) is 0. The Labute approximate surface area is 97.2 Å². The van der Waals surface area contributed by atoms with Crippen molar-refractivity contribution < 1.29 is 9.90 Å². The van der Waals surface area contributed by atoms with Crippen LogP contribution in [0.25, 0.3) is 0 Å². The smallest absolute Gasteiger partial charge is 0.225 e. The van der Waals surface area contributed by atoms with Crippen LogP contribution in [0.15, 0.2) is 0 Å². The van der Waals surface area contributed by atoms with Crippen LogP contribution in [0.5, 0.6) is 0 Å². The Morgan fingerprint density at radius 1 is 1.12 bits per heavy atom. The molecule has 1 saturated carbocycles. The monoisotopic (exact) mass is 226 g/mol. The Balaban J connectivity index is 1.80. The minimum absolute atomic E-state index is 0.219. The third-order valence-electron chi connectivity index (χ3n) is 3.77. The van der Waals surface area contributed by atoms with Gasteiger partial charge in [-0.3, -0.25) is 9.69 Å². The summed E-state index contributed by atoms with van der Waals surface area (Å²) in [5, 5.41) is 8.90. The molecule has 0 unspecified atom stereocenters. The maximum atomic E-state index is 12.1. The van der Waals surface area contributed by atoms with Crippen molar-refractivity contribution in [2.24, 2.45) is 5.92 Å². The molecule has 4 heteroatoms. The van der Waals surface area contributed by atoms with Gasteiger partial charge in [0, 0.05) is 32.1 Å². The van der Waals surface area contributed by atoms with Crippen LogP contribution in [0.4, 0.5) is 0 Å². The molecule has 0 bridgehead atoms. The summed E-state index contributed by atoms with van der Waals surface area (Å²) in [4.78, 5) is 16.3. The SMILES string of the molecule is O=C(C1CCC1)N1CCCN(CCO)CC1. The Morgan fingerprint density at radius 3 is 2.56 bits per heavy atom. The third kappa shape index (κ3) is 2.74. The van der Waals surface area contributed by atoms with Crippen LogP contribution in [0.3, 0.4) is 0 Å². The number of nitrogens with zero attached hydrogens (tertiary/aromatic N) is 2. The molecular weight excluding hydrogens is 204 g/mol. The minimum atomic E-state index is 0.219. The lowest BCUT2D eigenvalue weighted by Crippen LogP contribution is -2.41. The fourth-order valence-electron chi connectivity index (χ4n) is 2.47. The van der Waals surface area contributed by atoms with E-state index in [1.54, 1.807) is 0 Å². The molecule has 0 aromatic heterocycles. The first kappa shape index (κ1) is 11.9. The highest BCUT2D eigenvalue weighted by Gasteiger charge is 2.30. The van der Waals surface area contributed by atoms with Gasteiger partial charge in [-0.1, -0.05) is 6.42 Å². The predicted octanol–water partition coefficient (Wildman–Crippen LogP) is 0.313. The zero-order valence-corrected chi connectivity index (χ0v) is 9.90. The summed E-state index contributed by atoms with van der Waals surface area (Å²) in [5.41, 5.74) is 0. The normalized spacial score (nSPS) is 23.9. The molecule has 1 aliphatic heterocycles. The molecule has 2 fully saturated rings. The first-order valence-corrected chi connectivity index (χ1v) is 6.43. The highest BCUT2D eigenvalue weighted by atomic mass is 16.3. The molecule has 2 aliphatic rings. The fourth-order valence-corrected chi connectivity index (χ4v) is 2.47. The number of hydrogen-bond acceptors (Lipinski definition) is 3. The van der Waals surface area contributed by atoms with E-state index in [9.17, 15) is 4.79 Å². The van der Waals surface area contributed by atoms with Crippen molar-refractivity contribution in [3.05, 3.63) is 0 Å². The van der Waals surface area contributed by atoms with E-state index in [1.165, 1.54) is 6.42 Å². The Kier molecular flexibility index (Phi) is 4.18. The number of carbonyl (C=O) groups is 1. The fraction of sp³-hybridized carbons (Fsp3) is 0.917. The second-order valence-corrected chi connectivity index (χ2v) is 4.87. The van der Waals surface area contributed by atoms with Crippen LogP contribution in [-0.4, -0.2) is 60.1 Å². The number of rotatable bonds is 3. The molecule has 1 amide bonds. The number of aliphatic hydroxyl groups is 1. The van der Waals surface area contributed by atoms with Gasteiger partial charge in [-0.05, 0) is 25.8 Å². The van der Waals surface area contributed by atoms with Crippen LogP contribution >= 0.6 is 0 Å². The maximum absolute atomic E-state index is 12.1. The highest BCUT2D eigenvalue weighted by molar-refractivity contribution is 5.79. The zero-order valence-electron chi connectivity index (χ0n) is 9.90. The molecule has 4 nitrogen and oxygen atoms in total. The zero-order chi connectivity index (χ0) is 11.4. The quantitative estimate of drug-likeness (QED) is 0.753. The molecule has 0 spiro atoms. The second-order valence-electron chi connectivity index (χ2n) is 4.87. The van der Waals surface area contributed by atoms with Crippen molar-refractivity contribution in [2.75, 3.05) is 39.3 Å². The predicted molar refractivity (Wildman–Crippen MR) is 62.1 cm³/mol. The van der Waals surface area contributed by atoms with Gasteiger partial charge in [0.15, 0.2) is 0 Å². The topological polar surface area (TPSA) is 43.8 Å². The molecule has 92 valence electrons. The van der Waals surface area contributed by atoms with E-state index in [-0.39, 0.29) is 6.61 Å². The standard InChI is InChI=1S/C12H22N2O2/c15-10-9-13-5-2-6-14(8-7-13)12(16)11-3-1-4-11/h11,15H,1-10H2. The molecule has 0 atom stereocenters. The summed E-state index contributed by atoms with van der Waals surface area (Å²) in [6.45, 7) is 4.63. The van der Waals surface area contributed by atoms with Crippen molar-refractivity contribution in [1.82, 2.24) is 9.80 Å². The summed E-state index contributed by atoms with van der Waals surface area (Å²) < 4.78 is 0. The van der Waals surface area contributed by atoms with Gasteiger partial charge in [-0.15, -0.1) is 0 Å². The maximum Gasteiger partial charge on any atom is 0.225 e. The molecule has 1 aliphatic carbocycles. The van der Waals surface area contributed by atoms with Gasteiger partial charge < -0.3 is 10.0 Å². The first-order chi connectivity index (χ1) is 7.81. The highest BCUT2D eigenvalue weighted by Crippen LogP contribution is 2.28. The number of β-amino-alcohol motifs (C(OH)–C–C–N with tert-alkyl or cyclic N) is 1. The summed E-state index contributed by atoms with van der Waals surface area (Å²) in [6.07, 6.45) is 4.45. The van der Waals surface area contributed by atoms with Crippen molar-refractivity contribution in [3.8, 4) is 0 Å². The van der Waals surface area contributed by atoms with E-state index in [2.05, 4.69) is 4.90 Å². The van der Waals surface area contributed by atoms with Gasteiger partial charge in [0.05, 0.1) is 6.61 Å². The van der Waals surface area contributed by atoms with Gasteiger partial charge in [-0.2, -0.15) is 0 Å². The number of aliphatic hydroxyl groups excluding tert-OH is 1. The first-order valence-electron chi connectivity index (χ1n) is 6.43. The van der Waals surface area contributed by atoms with Crippen molar-refractivity contribution >= 4 is 5.91 Å². The van der Waals surface area contributed by atoms with E-state index in [1.807, 2.05) is 4.90 Å². The lowest BCUT2D eigenvalue weighted by molar-refractivity contribution is -0.138. The van der Waals surface area contributed by atoms with Gasteiger partial charge in [-0.25, -0.2) is 0 Å². The molecule has 1 heterocycles. The summed E-state index contributed by atoms with van der Waals surface area (Å²) in [6, 6.07) is 0. The number of carbonyl (C=O) groups excluding carboxylic acids is 1. The molecule has 0 aromatic carbocycles. The molecular formula is C12H22N2O2. The van der Waals surface area contributed by atoms with Gasteiger partial charge in [0.1, 0.15) is 0 Å². The van der Waals surface area contributed by atoms with Crippen LogP contribution in [-0.2, 0) is 4.79 Å². The van der Waals surface area contributed by atoms with Crippen LogP contribution in [0, 0.1) is 5.92 Å². The average molecular weight is 226 g/mol. The van der Waals surface area contributed by atoms with Crippen LogP contribution in [0.2, 0.25) is 0 Å². The van der Waals surface area contributed by atoms with E-state index >= 15 is 0 Å². The van der Waals surface area contributed by atoms with Gasteiger partial charge in [0.25, 0.3) is 0 Å². The Bertz CT molecular complexity index is 241. The molecule has 0 aromatic rings. The van der Waals surface area contributed by atoms with Gasteiger partial charge >= 0.3 is 0 Å². The van der Waals surface area contributed by atoms with E-state index in [0.29, 0.717) is 11.8 Å². The molecule has 2 rings (SSSR count). The summed E-state index contributed by atoms with van der Waals surface area (Å²) in [5.74, 6) is 0.696. The lowest BCUT2D eigenvalue weighted by atomic mass is 9.84. The summed E-state index contributed by atoms with van der Waals surface area (Å²) >= 11 is 0.